The molecule has 108 valence electrons. The lowest BCUT2D eigenvalue weighted by Crippen LogP contribution is -2.31. The lowest BCUT2D eigenvalue weighted by atomic mass is 10.1. The summed E-state index contributed by atoms with van der Waals surface area (Å²) in [5.41, 5.74) is 0.844. The van der Waals surface area contributed by atoms with E-state index in [9.17, 15) is 9.59 Å². The summed E-state index contributed by atoms with van der Waals surface area (Å²) in [4.78, 5) is 24.8. The van der Waals surface area contributed by atoms with E-state index in [1.807, 2.05) is 24.3 Å². The third kappa shape index (κ3) is 3.20. The van der Waals surface area contributed by atoms with Crippen molar-refractivity contribution in [2.75, 3.05) is 32.2 Å². The molecule has 1 aromatic carbocycles. The molecule has 1 saturated heterocycles. The van der Waals surface area contributed by atoms with Crippen LogP contribution in [-0.2, 0) is 9.53 Å². The van der Waals surface area contributed by atoms with Gasteiger partial charge >= 0.3 is 6.09 Å². The van der Waals surface area contributed by atoms with Crippen LogP contribution in [0.5, 0.6) is 5.75 Å². The molecule has 6 nitrogen and oxygen atoms in total. The average Bonchev–Trinajstić information content (AvgIpc) is 2.86. The van der Waals surface area contributed by atoms with Gasteiger partial charge in [-0.15, -0.1) is 0 Å². The maximum Gasteiger partial charge on any atom is 0.406 e. The highest BCUT2D eigenvalue weighted by Crippen LogP contribution is 2.26. The molecule has 0 bridgehead atoms. The molecule has 0 spiro atoms. The number of hydrogen-bond donors (Lipinski definition) is 1. The summed E-state index contributed by atoms with van der Waals surface area (Å²) in [6, 6.07) is 7.35. The van der Waals surface area contributed by atoms with E-state index in [1.54, 1.807) is 12.0 Å². The summed E-state index contributed by atoms with van der Waals surface area (Å²) >= 11 is 0. The zero-order valence-electron chi connectivity index (χ0n) is 11.6. The van der Waals surface area contributed by atoms with Crippen LogP contribution >= 0.6 is 0 Å². The van der Waals surface area contributed by atoms with Crippen LogP contribution in [0, 0.1) is 5.92 Å². The summed E-state index contributed by atoms with van der Waals surface area (Å²) in [6.07, 6.45) is -0.0453. The molecule has 1 fully saturated rings. The van der Waals surface area contributed by atoms with Gasteiger partial charge in [0.2, 0.25) is 5.91 Å². The molecule has 1 aliphatic heterocycles. The molecule has 1 N–H and O–H groups in total. The molecule has 0 unspecified atom stereocenters. The predicted molar refractivity (Wildman–Crippen MR) is 73.9 cm³/mol. The molecule has 1 aromatic rings. The minimum atomic E-state index is -0.472. The minimum Gasteiger partial charge on any atom is -0.497 e. The van der Waals surface area contributed by atoms with Crippen LogP contribution in [0.15, 0.2) is 24.3 Å². The highest BCUT2D eigenvalue weighted by atomic mass is 16.5. The standard InChI is InChI=1S/C14H18N2O4/c1-19-12-5-3-11(4-6-12)16-9-10(7-13(16)17)8-15-14(18)20-2/h3-6,10H,7-9H2,1-2H3,(H,15,18)/t10-/m0/s1. The van der Waals surface area contributed by atoms with Gasteiger partial charge in [0.05, 0.1) is 14.2 Å². The fourth-order valence-electron chi connectivity index (χ4n) is 2.23. The van der Waals surface area contributed by atoms with Gasteiger partial charge in [-0.3, -0.25) is 4.79 Å². The molecule has 0 aliphatic carbocycles. The topological polar surface area (TPSA) is 67.9 Å². The number of anilines is 1. The van der Waals surface area contributed by atoms with Gasteiger partial charge in [0.25, 0.3) is 0 Å². The van der Waals surface area contributed by atoms with Crippen molar-refractivity contribution in [2.24, 2.45) is 5.92 Å². The van der Waals surface area contributed by atoms with E-state index in [4.69, 9.17) is 4.74 Å². The van der Waals surface area contributed by atoms with Crippen molar-refractivity contribution in [3.05, 3.63) is 24.3 Å². The Bertz CT molecular complexity index is 486. The summed E-state index contributed by atoms with van der Waals surface area (Å²) in [6.45, 7) is 1.03. The highest BCUT2D eigenvalue weighted by molar-refractivity contribution is 5.95. The smallest absolute Gasteiger partial charge is 0.406 e. The lowest BCUT2D eigenvalue weighted by molar-refractivity contribution is -0.117. The van der Waals surface area contributed by atoms with Crippen LogP contribution in [-0.4, -0.2) is 39.3 Å². The van der Waals surface area contributed by atoms with E-state index in [-0.39, 0.29) is 11.8 Å². The molecule has 1 atom stereocenters. The monoisotopic (exact) mass is 278 g/mol. The number of hydrogen-bond acceptors (Lipinski definition) is 4. The molecule has 1 aliphatic rings. The summed E-state index contributed by atoms with van der Waals surface area (Å²) < 4.78 is 9.60. The average molecular weight is 278 g/mol. The fourth-order valence-corrected chi connectivity index (χ4v) is 2.23. The van der Waals surface area contributed by atoms with Crippen LogP contribution in [0.1, 0.15) is 6.42 Å². The summed E-state index contributed by atoms with van der Waals surface area (Å²) in [5.74, 6) is 0.917. The van der Waals surface area contributed by atoms with Gasteiger partial charge in [-0.25, -0.2) is 4.79 Å². The maximum atomic E-state index is 12.0. The van der Waals surface area contributed by atoms with Gasteiger partial charge in [0.15, 0.2) is 0 Å². The largest absolute Gasteiger partial charge is 0.497 e. The second-order valence-corrected chi connectivity index (χ2v) is 4.65. The van der Waals surface area contributed by atoms with Crippen LogP contribution < -0.4 is 15.0 Å². The first kappa shape index (κ1) is 14.2. The third-order valence-corrected chi connectivity index (χ3v) is 3.31. The van der Waals surface area contributed by atoms with Crippen molar-refractivity contribution >= 4 is 17.7 Å². The highest BCUT2D eigenvalue weighted by Gasteiger charge is 2.30. The number of methoxy groups -OCH3 is 2. The van der Waals surface area contributed by atoms with Gasteiger partial charge in [-0.2, -0.15) is 0 Å². The van der Waals surface area contributed by atoms with Crippen LogP contribution in [0.3, 0.4) is 0 Å². The van der Waals surface area contributed by atoms with Gasteiger partial charge in [-0.05, 0) is 24.3 Å². The SMILES string of the molecule is COC(=O)NC[C@@H]1CC(=O)N(c2ccc(OC)cc2)C1. The Balaban J connectivity index is 1.96. The van der Waals surface area contributed by atoms with E-state index in [0.29, 0.717) is 19.5 Å². The van der Waals surface area contributed by atoms with E-state index in [0.717, 1.165) is 11.4 Å². The molecule has 2 amide bonds. The molecule has 2 rings (SSSR count). The van der Waals surface area contributed by atoms with Gasteiger partial charge < -0.3 is 19.7 Å². The molecule has 0 saturated carbocycles. The van der Waals surface area contributed by atoms with Crippen molar-refractivity contribution in [1.82, 2.24) is 5.32 Å². The first-order valence-corrected chi connectivity index (χ1v) is 6.40. The second-order valence-electron chi connectivity index (χ2n) is 4.65. The van der Waals surface area contributed by atoms with Gasteiger partial charge in [0.1, 0.15) is 5.75 Å². The van der Waals surface area contributed by atoms with Gasteiger partial charge in [-0.1, -0.05) is 0 Å². The quantitative estimate of drug-likeness (QED) is 0.904. The number of carbonyl (C=O) groups excluding carboxylic acids is 2. The number of benzene rings is 1. The van der Waals surface area contributed by atoms with E-state index in [1.165, 1.54) is 7.11 Å². The number of carbonyl (C=O) groups is 2. The Kier molecular flexibility index (Phi) is 4.45. The van der Waals surface area contributed by atoms with Crippen molar-refractivity contribution in [3.63, 3.8) is 0 Å². The number of ether oxygens (including phenoxy) is 2. The Hall–Kier alpha value is -2.24. The first-order valence-electron chi connectivity index (χ1n) is 6.40. The van der Waals surface area contributed by atoms with Crippen molar-refractivity contribution in [1.29, 1.82) is 0 Å². The fraction of sp³-hybridized carbons (Fsp3) is 0.429. The predicted octanol–water partition coefficient (Wildman–Crippen LogP) is 1.40. The Morgan fingerprint density at radius 2 is 2.05 bits per heavy atom. The number of alkyl carbamates (subject to hydrolysis) is 1. The van der Waals surface area contributed by atoms with Crippen LogP contribution in [0.4, 0.5) is 10.5 Å². The van der Waals surface area contributed by atoms with Crippen LogP contribution in [0.2, 0.25) is 0 Å². The number of nitrogens with zero attached hydrogens (tertiary/aromatic N) is 1. The molecule has 6 heteroatoms. The molecule has 0 aromatic heterocycles. The zero-order chi connectivity index (χ0) is 14.5. The van der Waals surface area contributed by atoms with Crippen molar-refractivity contribution < 1.29 is 19.1 Å². The Morgan fingerprint density at radius 3 is 2.65 bits per heavy atom. The van der Waals surface area contributed by atoms with Crippen LogP contribution in [0.25, 0.3) is 0 Å². The summed E-state index contributed by atoms with van der Waals surface area (Å²) in [7, 11) is 2.92. The third-order valence-electron chi connectivity index (χ3n) is 3.31. The second kappa shape index (κ2) is 6.27. The molecular formula is C14H18N2O4. The Labute approximate surface area is 117 Å². The number of rotatable bonds is 4. The number of amides is 2. The lowest BCUT2D eigenvalue weighted by Gasteiger charge is -2.17. The summed E-state index contributed by atoms with van der Waals surface area (Å²) in [5, 5.41) is 2.63. The zero-order valence-corrected chi connectivity index (χ0v) is 11.6. The van der Waals surface area contributed by atoms with E-state index < -0.39 is 6.09 Å². The van der Waals surface area contributed by atoms with E-state index >= 15 is 0 Å². The molecular weight excluding hydrogens is 260 g/mol. The van der Waals surface area contributed by atoms with Crippen molar-refractivity contribution in [3.8, 4) is 5.75 Å². The number of nitrogens with one attached hydrogen (secondary N) is 1. The molecule has 1 heterocycles. The normalized spacial score (nSPS) is 18.0. The maximum absolute atomic E-state index is 12.0. The van der Waals surface area contributed by atoms with Crippen molar-refractivity contribution in [2.45, 2.75) is 6.42 Å². The molecule has 0 radical (unpaired) electrons. The minimum absolute atomic E-state index is 0.0619. The Morgan fingerprint density at radius 1 is 1.35 bits per heavy atom. The molecule has 20 heavy (non-hydrogen) atoms. The van der Waals surface area contributed by atoms with E-state index in [2.05, 4.69) is 10.1 Å². The van der Waals surface area contributed by atoms with Gasteiger partial charge in [0, 0.05) is 31.1 Å². The first-order chi connectivity index (χ1) is 9.63.